The molecule has 25 heavy (non-hydrogen) atoms. The molecule has 0 saturated carbocycles. The van der Waals surface area contributed by atoms with Gasteiger partial charge in [-0.3, -0.25) is 0 Å². The minimum Gasteiger partial charge on any atom is -0.342 e. The fourth-order valence-corrected chi connectivity index (χ4v) is 3.18. The summed E-state index contributed by atoms with van der Waals surface area (Å²) in [7, 11) is 4.25. The average Bonchev–Trinajstić information content (AvgIpc) is 2.93. The second-order valence-corrected chi connectivity index (χ2v) is 6.18. The van der Waals surface area contributed by atoms with E-state index in [1.807, 2.05) is 12.3 Å². The lowest BCUT2D eigenvalue weighted by atomic mass is 10.2. The maximum Gasteiger partial charge on any atom is 0.225 e. The van der Waals surface area contributed by atoms with Crippen LogP contribution in [0.15, 0.2) is 42.6 Å². The summed E-state index contributed by atoms with van der Waals surface area (Å²) in [5, 5.41) is 1.24. The lowest BCUT2D eigenvalue weighted by molar-refractivity contribution is 0.311. The molecular weight excluding hydrogens is 446 g/mol. The van der Waals surface area contributed by atoms with Crippen molar-refractivity contribution in [2.24, 2.45) is 7.05 Å². The molecule has 3 aromatic rings. The minimum atomic E-state index is 0. The van der Waals surface area contributed by atoms with Crippen LogP contribution in [0.25, 0.3) is 22.3 Å². The molecule has 0 aliphatic carbocycles. The van der Waals surface area contributed by atoms with Gasteiger partial charge in [0.05, 0.1) is 11.4 Å². The van der Waals surface area contributed by atoms with Gasteiger partial charge in [0.25, 0.3) is 0 Å². The summed E-state index contributed by atoms with van der Waals surface area (Å²) in [5.41, 5.74) is 3.33. The van der Waals surface area contributed by atoms with Crippen molar-refractivity contribution in [1.82, 2.24) is 19.4 Å². The summed E-state index contributed by atoms with van der Waals surface area (Å²) in [4.78, 5) is 13.9. The largest absolute Gasteiger partial charge is 0.342 e. The van der Waals surface area contributed by atoms with Crippen LogP contribution in [-0.2, 0) is 7.05 Å². The number of likely N-dealkylation sites (N-methyl/N-ethyl adjacent to an activating group) is 1. The van der Waals surface area contributed by atoms with E-state index in [-0.39, 0.29) is 34.0 Å². The second-order valence-electron chi connectivity index (χ2n) is 6.18. The van der Waals surface area contributed by atoms with Gasteiger partial charge < -0.3 is 14.4 Å². The number of anilines is 1. The fraction of sp³-hybridized carbons (Fsp3) is 0.333. The van der Waals surface area contributed by atoms with Crippen molar-refractivity contribution in [3.8, 4) is 11.4 Å². The molecule has 5 nitrogen and oxygen atoms in total. The molecule has 0 atom stereocenters. The number of halogens is 2. The second kappa shape index (κ2) is 8.29. The molecule has 1 aliphatic rings. The molecule has 134 valence electrons. The van der Waals surface area contributed by atoms with Gasteiger partial charge in [0.2, 0.25) is 5.95 Å². The minimum absolute atomic E-state index is 0. The zero-order valence-electron chi connectivity index (χ0n) is 14.4. The van der Waals surface area contributed by atoms with Gasteiger partial charge in [-0.05, 0) is 25.2 Å². The SMILES string of the molecule is Br.Br.CN1CCN(c2nccc(-c3cc4ccccc4n3C)n2)CC1. The Balaban J connectivity index is 0.00000113. The van der Waals surface area contributed by atoms with E-state index in [1.54, 1.807) is 0 Å². The van der Waals surface area contributed by atoms with Crippen LogP contribution in [-0.4, -0.2) is 52.7 Å². The first-order chi connectivity index (χ1) is 11.2. The van der Waals surface area contributed by atoms with E-state index < -0.39 is 0 Å². The van der Waals surface area contributed by atoms with Crippen molar-refractivity contribution in [1.29, 1.82) is 0 Å². The summed E-state index contributed by atoms with van der Waals surface area (Å²) >= 11 is 0. The number of benzene rings is 1. The Bertz CT molecular complexity index is 840. The normalized spacial score (nSPS) is 14.9. The third-order valence-corrected chi connectivity index (χ3v) is 4.64. The highest BCUT2D eigenvalue weighted by atomic mass is 79.9. The number of para-hydroxylation sites is 1. The first-order valence-electron chi connectivity index (χ1n) is 8.04. The Hall–Kier alpha value is -1.44. The van der Waals surface area contributed by atoms with Gasteiger partial charge >= 0.3 is 0 Å². The molecule has 1 fully saturated rings. The molecule has 7 heteroatoms. The number of aryl methyl sites for hydroxylation is 1. The Morgan fingerprint density at radius 3 is 2.36 bits per heavy atom. The standard InChI is InChI=1S/C18H21N5.2BrH/c1-21-9-11-23(12-10-21)18-19-8-7-15(20-18)17-13-14-5-3-4-6-16(14)22(17)2;;/h3-8,13H,9-12H2,1-2H3;2*1H. The molecule has 0 N–H and O–H groups in total. The van der Waals surface area contributed by atoms with Gasteiger partial charge in [-0.15, -0.1) is 34.0 Å². The third-order valence-electron chi connectivity index (χ3n) is 4.64. The molecule has 2 aromatic heterocycles. The number of hydrogen-bond donors (Lipinski definition) is 0. The molecule has 0 spiro atoms. The monoisotopic (exact) mass is 467 g/mol. The number of fused-ring (bicyclic) bond motifs is 1. The van der Waals surface area contributed by atoms with Crippen LogP contribution in [0.1, 0.15) is 0 Å². The van der Waals surface area contributed by atoms with Crippen LogP contribution < -0.4 is 4.90 Å². The lowest BCUT2D eigenvalue weighted by Crippen LogP contribution is -2.45. The molecule has 3 heterocycles. The Labute approximate surface area is 169 Å². The smallest absolute Gasteiger partial charge is 0.225 e. The highest BCUT2D eigenvalue weighted by Gasteiger charge is 2.17. The molecular formula is C18H23Br2N5. The van der Waals surface area contributed by atoms with Crippen molar-refractivity contribution >= 4 is 50.8 Å². The summed E-state index contributed by atoms with van der Waals surface area (Å²) < 4.78 is 2.20. The van der Waals surface area contributed by atoms with Crippen molar-refractivity contribution in [2.45, 2.75) is 0 Å². The zero-order valence-corrected chi connectivity index (χ0v) is 17.8. The van der Waals surface area contributed by atoms with E-state index in [9.17, 15) is 0 Å². The summed E-state index contributed by atoms with van der Waals surface area (Å²) in [6, 6.07) is 12.6. The maximum absolute atomic E-state index is 4.82. The first kappa shape index (κ1) is 19.9. The van der Waals surface area contributed by atoms with Crippen LogP contribution in [0.2, 0.25) is 0 Å². The van der Waals surface area contributed by atoms with Crippen molar-refractivity contribution in [3.63, 3.8) is 0 Å². The quantitative estimate of drug-likeness (QED) is 0.576. The predicted molar refractivity (Wildman–Crippen MR) is 114 cm³/mol. The number of piperazine rings is 1. The first-order valence-corrected chi connectivity index (χ1v) is 8.04. The van der Waals surface area contributed by atoms with Gasteiger partial charge in [0.1, 0.15) is 0 Å². The van der Waals surface area contributed by atoms with Gasteiger partial charge in [0.15, 0.2) is 0 Å². The van der Waals surface area contributed by atoms with Crippen LogP contribution in [0.4, 0.5) is 5.95 Å². The topological polar surface area (TPSA) is 37.2 Å². The van der Waals surface area contributed by atoms with Crippen molar-refractivity contribution in [2.75, 3.05) is 38.1 Å². The Morgan fingerprint density at radius 2 is 1.64 bits per heavy atom. The van der Waals surface area contributed by atoms with Crippen LogP contribution in [0, 0.1) is 0 Å². The number of aromatic nitrogens is 3. The molecule has 0 amide bonds. The highest BCUT2D eigenvalue weighted by Crippen LogP contribution is 2.26. The highest BCUT2D eigenvalue weighted by molar-refractivity contribution is 8.93. The third kappa shape index (κ3) is 3.88. The van der Waals surface area contributed by atoms with Crippen molar-refractivity contribution < 1.29 is 0 Å². The van der Waals surface area contributed by atoms with E-state index >= 15 is 0 Å². The number of hydrogen-bond acceptors (Lipinski definition) is 4. The predicted octanol–water partition coefficient (Wildman–Crippen LogP) is 3.54. The average molecular weight is 469 g/mol. The fourth-order valence-electron chi connectivity index (χ4n) is 3.18. The maximum atomic E-state index is 4.82. The number of nitrogens with zero attached hydrogens (tertiary/aromatic N) is 5. The summed E-state index contributed by atoms with van der Waals surface area (Å²) in [6.45, 7) is 4.08. The zero-order chi connectivity index (χ0) is 15.8. The molecule has 1 aromatic carbocycles. The van der Waals surface area contributed by atoms with Gasteiger partial charge in [-0.2, -0.15) is 0 Å². The van der Waals surface area contributed by atoms with Gasteiger partial charge in [0, 0.05) is 50.3 Å². The van der Waals surface area contributed by atoms with E-state index in [4.69, 9.17) is 4.98 Å². The molecule has 0 unspecified atom stereocenters. The molecule has 1 saturated heterocycles. The van der Waals surface area contributed by atoms with E-state index in [1.165, 1.54) is 10.9 Å². The lowest BCUT2D eigenvalue weighted by Gasteiger charge is -2.32. The van der Waals surface area contributed by atoms with Gasteiger partial charge in [-0.25, -0.2) is 9.97 Å². The van der Waals surface area contributed by atoms with E-state index in [0.717, 1.165) is 43.5 Å². The Morgan fingerprint density at radius 1 is 0.920 bits per heavy atom. The van der Waals surface area contributed by atoms with Gasteiger partial charge in [-0.1, -0.05) is 18.2 Å². The Kier molecular flexibility index (Phi) is 6.59. The van der Waals surface area contributed by atoms with Crippen molar-refractivity contribution in [3.05, 3.63) is 42.6 Å². The van der Waals surface area contributed by atoms with E-state index in [0.29, 0.717) is 0 Å². The summed E-state index contributed by atoms with van der Waals surface area (Å²) in [6.07, 6.45) is 1.87. The van der Waals surface area contributed by atoms with Crippen LogP contribution in [0.5, 0.6) is 0 Å². The number of rotatable bonds is 2. The van der Waals surface area contributed by atoms with Crippen LogP contribution >= 0.6 is 34.0 Å². The molecule has 0 radical (unpaired) electrons. The summed E-state index contributed by atoms with van der Waals surface area (Å²) in [5.74, 6) is 0.834. The van der Waals surface area contributed by atoms with Crippen LogP contribution in [0.3, 0.4) is 0 Å². The van der Waals surface area contributed by atoms with E-state index in [2.05, 4.69) is 63.8 Å². The molecule has 4 rings (SSSR count). The molecule has 1 aliphatic heterocycles. The molecule has 0 bridgehead atoms.